The van der Waals surface area contributed by atoms with Gasteiger partial charge in [0.2, 0.25) is 6.79 Å². The molecule has 1 aliphatic heterocycles. The van der Waals surface area contributed by atoms with Gasteiger partial charge in [0.1, 0.15) is 5.75 Å². The molecule has 0 atom stereocenters. The molecule has 0 aliphatic carbocycles. The van der Waals surface area contributed by atoms with Gasteiger partial charge < -0.3 is 14.2 Å². The molecular formula is C15H13NO4. The van der Waals surface area contributed by atoms with Crippen LogP contribution in [0, 0.1) is 0 Å². The van der Waals surface area contributed by atoms with E-state index in [1.54, 1.807) is 24.5 Å². The fourth-order valence-corrected chi connectivity index (χ4v) is 1.98. The Labute approximate surface area is 116 Å². The molecule has 0 amide bonds. The van der Waals surface area contributed by atoms with Crippen LogP contribution in [-0.2, 0) is 6.42 Å². The number of pyridine rings is 1. The summed E-state index contributed by atoms with van der Waals surface area (Å²) >= 11 is 0. The summed E-state index contributed by atoms with van der Waals surface area (Å²) in [6.45, 7) is 0.651. The fraction of sp³-hybridized carbons (Fsp3) is 0.200. The topological polar surface area (TPSA) is 57.7 Å². The van der Waals surface area contributed by atoms with Gasteiger partial charge in [0.05, 0.1) is 12.2 Å². The molecule has 0 unspecified atom stereocenters. The molecule has 102 valence electrons. The minimum absolute atomic E-state index is 0.175. The summed E-state index contributed by atoms with van der Waals surface area (Å²) in [7, 11) is 0. The van der Waals surface area contributed by atoms with Crippen LogP contribution in [0.3, 0.4) is 0 Å². The van der Waals surface area contributed by atoms with Gasteiger partial charge in [-0.2, -0.15) is 0 Å². The lowest BCUT2D eigenvalue weighted by molar-refractivity contribution is 0.111. The fourth-order valence-electron chi connectivity index (χ4n) is 1.98. The summed E-state index contributed by atoms with van der Waals surface area (Å²) in [6, 6.07) is 7.20. The summed E-state index contributed by atoms with van der Waals surface area (Å²) in [5.74, 6) is 1.70. The molecule has 3 rings (SSSR count). The molecule has 0 N–H and O–H groups in total. The lowest BCUT2D eigenvalue weighted by Gasteiger charge is -2.09. The number of ether oxygens (including phenoxy) is 3. The van der Waals surface area contributed by atoms with Crippen molar-refractivity contribution in [2.45, 2.75) is 6.42 Å². The summed E-state index contributed by atoms with van der Waals surface area (Å²) < 4.78 is 16.2. The first-order valence-corrected chi connectivity index (χ1v) is 6.27. The van der Waals surface area contributed by atoms with Gasteiger partial charge in [0, 0.05) is 24.9 Å². The van der Waals surface area contributed by atoms with Crippen LogP contribution in [0.1, 0.15) is 15.9 Å². The molecule has 0 radical (unpaired) electrons. The lowest BCUT2D eigenvalue weighted by atomic mass is 10.2. The maximum atomic E-state index is 11.1. The van der Waals surface area contributed by atoms with Crippen molar-refractivity contribution >= 4 is 6.29 Å². The van der Waals surface area contributed by atoms with Crippen molar-refractivity contribution in [2.75, 3.05) is 13.4 Å². The van der Waals surface area contributed by atoms with E-state index in [4.69, 9.17) is 14.2 Å². The number of nitrogens with zero attached hydrogens (tertiary/aromatic N) is 1. The van der Waals surface area contributed by atoms with E-state index in [0.29, 0.717) is 29.4 Å². The number of hydrogen-bond acceptors (Lipinski definition) is 5. The maximum Gasteiger partial charge on any atom is 0.231 e. The van der Waals surface area contributed by atoms with Gasteiger partial charge in [-0.1, -0.05) is 0 Å². The van der Waals surface area contributed by atoms with E-state index >= 15 is 0 Å². The first kappa shape index (κ1) is 12.5. The van der Waals surface area contributed by atoms with Crippen LogP contribution in [0.4, 0.5) is 0 Å². The second-order valence-electron chi connectivity index (χ2n) is 4.32. The Balaban J connectivity index is 1.69. The number of rotatable bonds is 5. The number of benzene rings is 1. The number of hydrogen-bond donors (Lipinski definition) is 0. The van der Waals surface area contributed by atoms with Crippen LogP contribution in [0.2, 0.25) is 0 Å². The third-order valence-corrected chi connectivity index (χ3v) is 3.03. The van der Waals surface area contributed by atoms with Crippen molar-refractivity contribution in [3.05, 3.63) is 47.8 Å². The molecule has 1 aromatic carbocycles. The highest BCUT2D eigenvalue weighted by molar-refractivity contribution is 5.81. The zero-order chi connectivity index (χ0) is 13.8. The van der Waals surface area contributed by atoms with Gasteiger partial charge in [-0.3, -0.25) is 9.78 Å². The van der Waals surface area contributed by atoms with Crippen LogP contribution < -0.4 is 14.2 Å². The average Bonchev–Trinajstić information content (AvgIpc) is 2.94. The Hall–Kier alpha value is -2.56. The van der Waals surface area contributed by atoms with Crippen LogP contribution in [0.5, 0.6) is 17.2 Å². The Morgan fingerprint density at radius 2 is 1.95 bits per heavy atom. The van der Waals surface area contributed by atoms with Gasteiger partial charge in [0.15, 0.2) is 17.8 Å². The van der Waals surface area contributed by atoms with Crippen LogP contribution in [-0.4, -0.2) is 24.7 Å². The molecule has 0 bridgehead atoms. The van der Waals surface area contributed by atoms with Gasteiger partial charge in [0.25, 0.3) is 0 Å². The minimum atomic E-state index is 0.175. The van der Waals surface area contributed by atoms with E-state index in [1.807, 2.05) is 12.1 Å². The molecule has 5 nitrogen and oxygen atoms in total. The first-order valence-electron chi connectivity index (χ1n) is 6.27. The second-order valence-corrected chi connectivity index (χ2v) is 4.32. The largest absolute Gasteiger partial charge is 0.492 e. The Morgan fingerprint density at radius 1 is 1.20 bits per heavy atom. The number of aldehydes is 1. The summed E-state index contributed by atoms with van der Waals surface area (Å²) in [5, 5.41) is 0. The second kappa shape index (κ2) is 5.61. The third kappa shape index (κ3) is 2.56. The summed E-state index contributed by atoms with van der Waals surface area (Å²) in [4.78, 5) is 15.0. The molecule has 2 aromatic rings. The molecule has 2 heterocycles. The van der Waals surface area contributed by atoms with Gasteiger partial charge in [-0.15, -0.1) is 0 Å². The van der Waals surface area contributed by atoms with Gasteiger partial charge in [-0.25, -0.2) is 0 Å². The van der Waals surface area contributed by atoms with Gasteiger partial charge >= 0.3 is 0 Å². The molecule has 0 fully saturated rings. The van der Waals surface area contributed by atoms with Crippen molar-refractivity contribution < 1.29 is 19.0 Å². The van der Waals surface area contributed by atoms with E-state index in [2.05, 4.69) is 4.98 Å². The lowest BCUT2D eigenvalue weighted by Crippen LogP contribution is -2.03. The van der Waals surface area contributed by atoms with Crippen molar-refractivity contribution in [3.8, 4) is 17.2 Å². The van der Waals surface area contributed by atoms with Crippen LogP contribution in [0.25, 0.3) is 0 Å². The molecule has 1 aromatic heterocycles. The molecule has 1 aliphatic rings. The van der Waals surface area contributed by atoms with Crippen molar-refractivity contribution in [1.82, 2.24) is 4.98 Å². The number of carbonyl (C=O) groups is 1. The highest BCUT2D eigenvalue weighted by atomic mass is 16.7. The molecule has 5 heteroatoms. The molecule has 0 spiro atoms. The zero-order valence-electron chi connectivity index (χ0n) is 10.7. The monoisotopic (exact) mass is 271 g/mol. The molecular weight excluding hydrogens is 258 g/mol. The van der Waals surface area contributed by atoms with Crippen molar-refractivity contribution in [3.63, 3.8) is 0 Å². The zero-order valence-corrected chi connectivity index (χ0v) is 10.7. The first-order chi connectivity index (χ1) is 9.86. The molecule has 20 heavy (non-hydrogen) atoms. The van der Waals surface area contributed by atoms with Crippen molar-refractivity contribution in [1.29, 1.82) is 0 Å². The average molecular weight is 271 g/mol. The number of aromatic nitrogens is 1. The standard InChI is InChI=1S/C15H13NO4/c17-9-12-7-14-15(20-10-19-14)8-13(12)18-6-3-11-1-4-16-5-2-11/h1-2,4-5,7-9H,3,6,10H2. The third-order valence-electron chi connectivity index (χ3n) is 3.03. The summed E-state index contributed by atoms with van der Waals surface area (Å²) in [6.07, 6.45) is 4.98. The Morgan fingerprint density at radius 3 is 2.70 bits per heavy atom. The number of carbonyl (C=O) groups excluding carboxylic acids is 1. The number of fused-ring (bicyclic) bond motifs is 1. The predicted octanol–water partition coefficient (Wildman–Crippen LogP) is 2.24. The van der Waals surface area contributed by atoms with E-state index in [1.165, 1.54) is 0 Å². The van der Waals surface area contributed by atoms with E-state index < -0.39 is 0 Å². The van der Waals surface area contributed by atoms with E-state index in [-0.39, 0.29) is 6.79 Å². The maximum absolute atomic E-state index is 11.1. The SMILES string of the molecule is O=Cc1cc2c(cc1OCCc1ccncc1)OCO2. The minimum Gasteiger partial charge on any atom is -0.492 e. The van der Waals surface area contributed by atoms with E-state index in [9.17, 15) is 4.79 Å². The quantitative estimate of drug-likeness (QED) is 0.781. The smallest absolute Gasteiger partial charge is 0.231 e. The van der Waals surface area contributed by atoms with E-state index in [0.717, 1.165) is 18.3 Å². The van der Waals surface area contributed by atoms with Crippen molar-refractivity contribution in [2.24, 2.45) is 0 Å². The highest BCUT2D eigenvalue weighted by Gasteiger charge is 2.17. The van der Waals surface area contributed by atoms with Crippen LogP contribution >= 0.6 is 0 Å². The Bertz CT molecular complexity index is 613. The predicted molar refractivity (Wildman–Crippen MR) is 71.4 cm³/mol. The van der Waals surface area contributed by atoms with Gasteiger partial charge in [-0.05, 0) is 23.8 Å². The highest BCUT2D eigenvalue weighted by Crippen LogP contribution is 2.37. The summed E-state index contributed by atoms with van der Waals surface area (Å²) in [5.41, 5.74) is 1.59. The Kier molecular flexibility index (Phi) is 3.50. The molecule has 0 saturated heterocycles. The van der Waals surface area contributed by atoms with Crippen LogP contribution in [0.15, 0.2) is 36.7 Å². The normalized spacial score (nSPS) is 12.2. The molecule has 0 saturated carbocycles.